The SMILES string of the molecule is CC(C(=O)O)N(CC(=O)NCC1CCN(c2ccccc2)C1)C1CC1. The first-order chi connectivity index (χ1) is 12.0. The molecule has 25 heavy (non-hydrogen) atoms. The number of anilines is 1. The zero-order chi connectivity index (χ0) is 17.8. The van der Waals surface area contributed by atoms with Gasteiger partial charge in [0.05, 0.1) is 6.54 Å². The van der Waals surface area contributed by atoms with Crippen molar-refractivity contribution in [2.24, 2.45) is 5.92 Å². The highest BCUT2D eigenvalue weighted by Crippen LogP contribution is 2.28. The molecule has 2 unspecified atom stereocenters. The van der Waals surface area contributed by atoms with Crippen LogP contribution in [0, 0.1) is 5.92 Å². The van der Waals surface area contributed by atoms with Crippen molar-refractivity contribution in [3.05, 3.63) is 30.3 Å². The number of nitrogens with one attached hydrogen (secondary N) is 1. The molecule has 3 rings (SSSR count). The third-order valence-electron chi connectivity index (χ3n) is 5.19. The fraction of sp³-hybridized carbons (Fsp3) is 0.579. The van der Waals surface area contributed by atoms with Gasteiger partial charge in [0.1, 0.15) is 6.04 Å². The number of benzene rings is 1. The summed E-state index contributed by atoms with van der Waals surface area (Å²) in [6, 6.07) is 9.96. The van der Waals surface area contributed by atoms with E-state index in [-0.39, 0.29) is 18.5 Å². The quantitative estimate of drug-likeness (QED) is 0.748. The molecular formula is C19H27N3O3. The number of rotatable bonds is 8. The Balaban J connectivity index is 1.44. The molecule has 0 bridgehead atoms. The number of amides is 1. The van der Waals surface area contributed by atoms with Crippen LogP contribution in [-0.4, -0.2) is 60.1 Å². The summed E-state index contributed by atoms with van der Waals surface area (Å²) in [6.07, 6.45) is 3.03. The first-order valence-electron chi connectivity index (χ1n) is 9.10. The third kappa shape index (κ3) is 4.72. The minimum atomic E-state index is -0.867. The predicted octanol–water partition coefficient (Wildman–Crippen LogP) is 1.57. The van der Waals surface area contributed by atoms with E-state index in [0.717, 1.165) is 32.4 Å². The van der Waals surface area contributed by atoms with Gasteiger partial charge in [-0.2, -0.15) is 0 Å². The zero-order valence-electron chi connectivity index (χ0n) is 14.7. The summed E-state index contributed by atoms with van der Waals surface area (Å²) in [5.41, 5.74) is 1.23. The van der Waals surface area contributed by atoms with Gasteiger partial charge in [-0.15, -0.1) is 0 Å². The van der Waals surface area contributed by atoms with Crippen molar-refractivity contribution in [1.82, 2.24) is 10.2 Å². The minimum absolute atomic E-state index is 0.0711. The molecule has 6 nitrogen and oxygen atoms in total. The lowest BCUT2D eigenvalue weighted by Crippen LogP contribution is -2.47. The topological polar surface area (TPSA) is 72.9 Å². The number of para-hydroxylation sites is 1. The molecule has 2 aliphatic rings. The summed E-state index contributed by atoms with van der Waals surface area (Å²) in [7, 11) is 0. The highest BCUT2D eigenvalue weighted by molar-refractivity contribution is 5.80. The lowest BCUT2D eigenvalue weighted by Gasteiger charge is -2.25. The molecule has 1 aromatic rings. The maximum atomic E-state index is 12.3. The van der Waals surface area contributed by atoms with Crippen molar-refractivity contribution < 1.29 is 14.7 Å². The number of hydrogen-bond donors (Lipinski definition) is 2. The second kappa shape index (κ2) is 7.87. The van der Waals surface area contributed by atoms with Crippen molar-refractivity contribution in [3.8, 4) is 0 Å². The van der Waals surface area contributed by atoms with Gasteiger partial charge in [-0.1, -0.05) is 18.2 Å². The van der Waals surface area contributed by atoms with Gasteiger partial charge >= 0.3 is 5.97 Å². The average molecular weight is 345 g/mol. The van der Waals surface area contributed by atoms with E-state index in [1.165, 1.54) is 5.69 Å². The van der Waals surface area contributed by atoms with Crippen LogP contribution < -0.4 is 10.2 Å². The van der Waals surface area contributed by atoms with Gasteiger partial charge in [0.15, 0.2) is 0 Å². The Morgan fingerprint density at radius 2 is 2.00 bits per heavy atom. The van der Waals surface area contributed by atoms with Gasteiger partial charge in [0.25, 0.3) is 0 Å². The number of carbonyl (C=O) groups excluding carboxylic acids is 1. The van der Waals surface area contributed by atoms with E-state index in [0.29, 0.717) is 12.5 Å². The molecule has 1 aliphatic heterocycles. The zero-order valence-corrected chi connectivity index (χ0v) is 14.7. The Bertz CT molecular complexity index is 603. The lowest BCUT2D eigenvalue weighted by atomic mass is 10.1. The maximum absolute atomic E-state index is 12.3. The summed E-state index contributed by atoms with van der Waals surface area (Å²) in [4.78, 5) is 27.6. The fourth-order valence-electron chi connectivity index (χ4n) is 3.48. The van der Waals surface area contributed by atoms with Crippen molar-refractivity contribution in [2.75, 3.05) is 31.1 Å². The van der Waals surface area contributed by atoms with Gasteiger partial charge in [-0.25, -0.2) is 0 Å². The highest BCUT2D eigenvalue weighted by atomic mass is 16.4. The Hall–Kier alpha value is -2.08. The van der Waals surface area contributed by atoms with E-state index in [1.807, 2.05) is 23.1 Å². The van der Waals surface area contributed by atoms with Crippen LogP contribution in [0.2, 0.25) is 0 Å². The summed E-state index contributed by atoms with van der Waals surface area (Å²) < 4.78 is 0. The number of carbonyl (C=O) groups is 2. The van der Waals surface area contributed by atoms with E-state index in [4.69, 9.17) is 0 Å². The van der Waals surface area contributed by atoms with Crippen LogP contribution in [0.4, 0.5) is 5.69 Å². The molecule has 1 amide bonds. The molecule has 2 fully saturated rings. The number of hydrogen-bond acceptors (Lipinski definition) is 4. The summed E-state index contributed by atoms with van der Waals surface area (Å²) in [5, 5.41) is 12.2. The van der Waals surface area contributed by atoms with Crippen LogP contribution in [-0.2, 0) is 9.59 Å². The molecule has 2 atom stereocenters. The number of nitrogens with zero attached hydrogens (tertiary/aromatic N) is 2. The van der Waals surface area contributed by atoms with E-state index in [1.54, 1.807) is 6.92 Å². The van der Waals surface area contributed by atoms with Crippen molar-refractivity contribution in [2.45, 2.75) is 38.3 Å². The van der Waals surface area contributed by atoms with Crippen LogP contribution >= 0.6 is 0 Å². The lowest BCUT2D eigenvalue weighted by molar-refractivity contribution is -0.143. The second-order valence-corrected chi connectivity index (χ2v) is 7.16. The molecule has 1 aromatic carbocycles. The van der Waals surface area contributed by atoms with E-state index >= 15 is 0 Å². The summed E-state index contributed by atoms with van der Waals surface area (Å²) in [6.45, 7) is 4.44. The molecule has 1 saturated carbocycles. The Morgan fingerprint density at radius 1 is 1.28 bits per heavy atom. The van der Waals surface area contributed by atoms with Crippen LogP contribution in [0.5, 0.6) is 0 Å². The molecule has 6 heteroatoms. The standard InChI is InChI=1S/C19H27N3O3/c1-14(19(24)25)22(17-7-8-17)13-18(23)20-11-15-9-10-21(12-15)16-5-3-2-4-6-16/h2-6,14-15,17H,7-13H2,1H3,(H,20,23)(H,24,25). The fourth-order valence-corrected chi connectivity index (χ4v) is 3.48. The maximum Gasteiger partial charge on any atom is 0.320 e. The smallest absolute Gasteiger partial charge is 0.320 e. The van der Waals surface area contributed by atoms with Crippen LogP contribution in [0.25, 0.3) is 0 Å². The second-order valence-electron chi connectivity index (χ2n) is 7.16. The number of aliphatic carboxylic acids is 1. The normalized spacial score (nSPS) is 21.4. The van der Waals surface area contributed by atoms with Crippen molar-refractivity contribution in [3.63, 3.8) is 0 Å². The Kier molecular flexibility index (Phi) is 5.58. The third-order valence-corrected chi connectivity index (χ3v) is 5.19. The number of carboxylic acids is 1. The van der Waals surface area contributed by atoms with Crippen molar-refractivity contribution >= 4 is 17.6 Å². The van der Waals surface area contributed by atoms with Crippen molar-refractivity contribution in [1.29, 1.82) is 0 Å². The Morgan fingerprint density at radius 3 is 2.64 bits per heavy atom. The van der Waals surface area contributed by atoms with Gasteiger partial charge < -0.3 is 15.3 Å². The molecule has 0 aromatic heterocycles. The van der Waals surface area contributed by atoms with E-state index < -0.39 is 12.0 Å². The Labute approximate surface area is 148 Å². The number of carboxylic acid groups (broad SMARTS) is 1. The largest absolute Gasteiger partial charge is 0.480 e. The summed E-state index contributed by atoms with van der Waals surface area (Å²) >= 11 is 0. The molecular weight excluding hydrogens is 318 g/mol. The molecule has 0 radical (unpaired) electrons. The average Bonchev–Trinajstić information content (AvgIpc) is 3.35. The van der Waals surface area contributed by atoms with Gasteiger partial charge in [-0.3, -0.25) is 14.5 Å². The van der Waals surface area contributed by atoms with E-state index in [2.05, 4.69) is 22.3 Å². The van der Waals surface area contributed by atoms with E-state index in [9.17, 15) is 14.7 Å². The van der Waals surface area contributed by atoms with Gasteiger partial charge in [-0.05, 0) is 44.2 Å². The van der Waals surface area contributed by atoms with Gasteiger partial charge in [0.2, 0.25) is 5.91 Å². The molecule has 136 valence electrons. The molecule has 1 saturated heterocycles. The van der Waals surface area contributed by atoms with Crippen LogP contribution in [0.15, 0.2) is 30.3 Å². The van der Waals surface area contributed by atoms with Crippen LogP contribution in [0.3, 0.4) is 0 Å². The monoisotopic (exact) mass is 345 g/mol. The first-order valence-corrected chi connectivity index (χ1v) is 9.10. The van der Waals surface area contributed by atoms with Gasteiger partial charge in [0, 0.05) is 31.4 Å². The molecule has 0 spiro atoms. The minimum Gasteiger partial charge on any atom is -0.480 e. The first kappa shape index (κ1) is 17.7. The summed E-state index contributed by atoms with van der Waals surface area (Å²) in [5.74, 6) is -0.498. The molecule has 2 N–H and O–H groups in total. The van der Waals surface area contributed by atoms with Crippen LogP contribution in [0.1, 0.15) is 26.2 Å². The predicted molar refractivity (Wildman–Crippen MR) is 96.6 cm³/mol. The molecule has 1 heterocycles. The molecule has 1 aliphatic carbocycles. The highest BCUT2D eigenvalue weighted by Gasteiger charge is 2.36.